The Labute approximate surface area is 215 Å². The molecule has 0 aliphatic carbocycles. The summed E-state index contributed by atoms with van der Waals surface area (Å²) < 4.78 is 26.4. The van der Waals surface area contributed by atoms with Crippen molar-refractivity contribution in [3.63, 3.8) is 0 Å². The number of benzene rings is 2. The molecule has 5 rings (SSSR count). The lowest BCUT2D eigenvalue weighted by Gasteiger charge is -2.34. The number of methoxy groups -OCH3 is 1. The Morgan fingerprint density at radius 3 is 2.70 bits per heavy atom. The first kappa shape index (κ1) is 24.6. The molecule has 9 nitrogen and oxygen atoms in total. The minimum absolute atomic E-state index is 0.162. The van der Waals surface area contributed by atoms with Crippen LogP contribution >= 0.6 is 0 Å². The van der Waals surface area contributed by atoms with Gasteiger partial charge >= 0.3 is 0 Å². The largest absolute Gasteiger partial charge is 0.495 e. The Morgan fingerprint density at radius 1 is 1.16 bits per heavy atom. The fourth-order valence-electron chi connectivity index (χ4n) is 4.77. The minimum atomic E-state index is -0.483. The number of piperazine rings is 1. The van der Waals surface area contributed by atoms with Crippen molar-refractivity contribution in [3.8, 4) is 28.8 Å². The maximum Gasteiger partial charge on any atom is 0.227 e. The standard InChI is InChI=1S/C27H30FN7O2/c1-17(2)35-10-11-37-26-21(28)12-18(13-23(26)35)25-19(15-29)16-31-27(33-25)32-20-4-5-22(24(14-20)36-3)34-8-6-30-7-9-34/h4-5,12-14,16-17,30H,6-11H2,1-3H3,(H,31,32,33). The van der Waals surface area contributed by atoms with Gasteiger partial charge in [0.05, 0.1) is 42.5 Å². The molecule has 1 fully saturated rings. The maximum atomic E-state index is 15.1. The van der Waals surface area contributed by atoms with E-state index < -0.39 is 5.82 Å². The third-order valence-corrected chi connectivity index (χ3v) is 6.61. The molecular weight excluding hydrogens is 473 g/mol. The van der Waals surface area contributed by atoms with Crippen LogP contribution in [-0.4, -0.2) is 62.5 Å². The molecule has 3 aromatic rings. The molecular formula is C27H30FN7O2. The fraction of sp³-hybridized carbons (Fsp3) is 0.370. The van der Waals surface area contributed by atoms with Gasteiger partial charge in [-0.2, -0.15) is 5.26 Å². The lowest BCUT2D eigenvalue weighted by molar-refractivity contribution is 0.287. The Hall–Kier alpha value is -4.10. The van der Waals surface area contributed by atoms with Gasteiger partial charge in [-0.15, -0.1) is 0 Å². The number of aromatic nitrogens is 2. The monoisotopic (exact) mass is 503 g/mol. The number of hydrogen-bond donors (Lipinski definition) is 2. The Bertz CT molecular complexity index is 1340. The van der Waals surface area contributed by atoms with E-state index in [9.17, 15) is 5.26 Å². The molecule has 0 saturated carbocycles. The average molecular weight is 504 g/mol. The van der Waals surface area contributed by atoms with Crippen molar-refractivity contribution in [2.24, 2.45) is 0 Å². The number of nitrogens with one attached hydrogen (secondary N) is 2. The number of hydrogen-bond acceptors (Lipinski definition) is 9. The third kappa shape index (κ3) is 4.95. The molecule has 1 saturated heterocycles. The van der Waals surface area contributed by atoms with Crippen molar-refractivity contribution in [2.75, 3.05) is 61.6 Å². The number of fused-ring (bicyclic) bond motifs is 1. The summed E-state index contributed by atoms with van der Waals surface area (Å²) in [7, 11) is 1.65. The van der Waals surface area contributed by atoms with Crippen LogP contribution in [0.15, 0.2) is 36.5 Å². The van der Waals surface area contributed by atoms with Crippen LogP contribution in [0.25, 0.3) is 11.3 Å². The second kappa shape index (κ2) is 10.5. The molecule has 3 heterocycles. The Balaban J connectivity index is 1.48. The van der Waals surface area contributed by atoms with Gasteiger partial charge in [-0.25, -0.2) is 14.4 Å². The van der Waals surface area contributed by atoms with E-state index in [-0.39, 0.29) is 17.4 Å². The van der Waals surface area contributed by atoms with E-state index in [0.717, 1.165) is 43.3 Å². The molecule has 0 amide bonds. The quantitative estimate of drug-likeness (QED) is 0.519. The first-order valence-corrected chi connectivity index (χ1v) is 12.4. The van der Waals surface area contributed by atoms with Gasteiger partial charge in [0.15, 0.2) is 11.6 Å². The van der Waals surface area contributed by atoms with Gasteiger partial charge in [-0.1, -0.05) is 0 Å². The number of anilines is 4. The van der Waals surface area contributed by atoms with Crippen LogP contribution in [0, 0.1) is 17.1 Å². The van der Waals surface area contributed by atoms with Crippen molar-refractivity contribution in [3.05, 3.63) is 47.9 Å². The second-order valence-electron chi connectivity index (χ2n) is 9.26. The van der Waals surface area contributed by atoms with Crippen LogP contribution in [0.4, 0.5) is 27.4 Å². The number of ether oxygens (including phenoxy) is 2. The summed E-state index contributed by atoms with van der Waals surface area (Å²) in [5, 5.41) is 16.3. The van der Waals surface area contributed by atoms with Gasteiger partial charge in [0.25, 0.3) is 0 Å². The van der Waals surface area contributed by atoms with Crippen LogP contribution in [0.1, 0.15) is 19.4 Å². The molecule has 37 heavy (non-hydrogen) atoms. The highest BCUT2D eigenvalue weighted by molar-refractivity contribution is 5.76. The maximum absolute atomic E-state index is 15.1. The molecule has 2 N–H and O–H groups in total. The fourth-order valence-corrected chi connectivity index (χ4v) is 4.77. The first-order valence-electron chi connectivity index (χ1n) is 12.4. The van der Waals surface area contributed by atoms with E-state index in [4.69, 9.17) is 9.47 Å². The van der Waals surface area contributed by atoms with Crippen molar-refractivity contribution >= 4 is 23.0 Å². The van der Waals surface area contributed by atoms with Gasteiger partial charge in [-0.05, 0) is 38.1 Å². The zero-order valence-corrected chi connectivity index (χ0v) is 21.2. The predicted octanol–water partition coefficient (Wildman–Crippen LogP) is 3.92. The summed E-state index contributed by atoms with van der Waals surface area (Å²) in [6, 6.07) is 11.3. The molecule has 0 spiro atoms. The highest BCUT2D eigenvalue weighted by Gasteiger charge is 2.26. The normalized spacial score (nSPS) is 15.1. The topological polar surface area (TPSA) is 98.6 Å². The number of nitriles is 1. The van der Waals surface area contributed by atoms with E-state index in [1.807, 2.05) is 24.3 Å². The molecule has 0 radical (unpaired) electrons. The smallest absolute Gasteiger partial charge is 0.227 e. The molecule has 2 aliphatic rings. The van der Waals surface area contributed by atoms with Gasteiger partial charge in [-0.3, -0.25) is 0 Å². The summed E-state index contributed by atoms with van der Waals surface area (Å²) >= 11 is 0. The lowest BCUT2D eigenvalue weighted by Crippen LogP contribution is -2.43. The van der Waals surface area contributed by atoms with Gasteiger partial charge < -0.3 is 29.9 Å². The molecule has 2 aliphatic heterocycles. The summed E-state index contributed by atoms with van der Waals surface area (Å²) in [6.07, 6.45) is 1.45. The SMILES string of the molecule is COc1cc(Nc2ncc(C#N)c(-c3cc(F)c4c(c3)N(C(C)C)CCO4)n2)ccc1N1CCNCC1. The Kier molecular flexibility index (Phi) is 6.97. The van der Waals surface area contributed by atoms with Gasteiger partial charge in [0.1, 0.15) is 18.4 Å². The zero-order valence-electron chi connectivity index (χ0n) is 21.2. The van der Waals surface area contributed by atoms with E-state index in [2.05, 4.69) is 50.3 Å². The van der Waals surface area contributed by atoms with Crippen LogP contribution in [0.5, 0.6) is 11.5 Å². The molecule has 0 unspecified atom stereocenters. The second-order valence-corrected chi connectivity index (χ2v) is 9.26. The molecule has 2 aromatic carbocycles. The highest BCUT2D eigenvalue weighted by atomic mass is 19.1. The minimum Gasteiger partial charge on any atom is -0.495 e. The number of nitrogens with zero attached hydrogens (tertiary/aromatic N) is 5. The summed E-state index contributed by atoms with van der Waals surface area (Å²) in [5.74, 6) is 0.779. The first-order chi connectivity index (χ1) is 18.0. The van der Waals surface area contributed by atoms with Crippen LogP contribution in [0.3, 0.4) is 0 Å². The number of rotatable bonds is 6. The van der Waals surface area contributed by atoms with Gasteiger partial charge in [0.2, 0.25) is 5.95 Å². The predicted molar refractivity (Wildman–Crippen MR) is 141 cm³/mol. The summed E-state index contributed by atoms with van der Waals surface area (Å²) in [4.78, 5) is 13.3. The zero-order chi connectivity index (χ0) is 25.9. The molecule has 0 atom stereocenters. The highest BCUT2D eigenvalue weighted by Crippen LogP contribution is 2.40. The van der Waals surface area contributed by atoms with Crippen molar-refractivity contribution in [2.45, 2.75) is 19.9 Å². The molecule has 0 bridgehead atoms. The van der Waals surface area contributed by atoms with Crippen LogP contribution in [-0.2, 0) is 0 Å². The van der Waals surface area contributed by atoms with Crippen LogP contribution < -0.4 is 29.9 Å². The van der Waals surface area contributed by atoms with Crippen molar-refractivity contribution < 1.29 is 13.9 Å². The van der Waals surface area contributed by atoms with E-state index >= 15 is 4.39 Å². The molecule has 10 heteroatoms. The number of halogens is 1. The summed E-state index contributed by atoms with van der Waals surface area (Å²) in [5.41, 5.74) is 3.51. The molecule has 192 valence electrons. The van der Waals surface area contributed by atoms with E-state index in [1.54, 1.807) is 7.11 Å². The van der Waals surface area contributed by atoms with Crippen molar-refractivity contribution in [1.29, 1.82) is 5.26 Å². The van der Waals surface area contributed by atoms with E-state index in [1.165, 1.54) is 12.3 Å². The third-order valence-electron chi connectivity index (χ3n) is 6.61. The van der Waals surface area contributed by atoms with Crippen LogP contribution in [0.2, 0.25) is 0 Å². The molecule has 1 aromatic heterocycles. The van der Waals surface area contributed by atoms with Crippen molar-refractivity contribution in [1.82, 2.24) is 15.3 Å². The average Bonchev–Trinajstić information content (AvgIpc) is 2.93. The summed E-state index contributed by atoms with van der Waals surface area (Å²) in [6.45, 7) is 8.84. The van der Waals surface area contributed by atoms with Gasteiger partial charge in [0, 0.05) is 49.5 Å². The lowest BCUT2D eigenvalue weighted by atomic mass is 10.0. The Morgan fingerprint density at radius 2 is 1.97 bits per heavy atom. The van der Waals surface area contributed by atoms with E-state index in [0.29, 0.717) is 36.0 Å².